The molecule has 1 heterocycles. The number of non-ortho nitro benzene ring substituents is 1. The first-order valence-corrected chi connectivity index (χ1v) is 6.77. The van der Waals surface area contributed by atoms with Crippen molar-refractivity contribution >= 4 is 12.0 Å². The number of nitrogens with zero attached hydrogens (tertiary/aromatic N) is 2. The molecule has 1 aliphatic rings. The van der Waals surface area contributed by atoms with Gasteiger partial charge in [0.2, 0.25) is 6.23 Å². The summed E-state index contributed by atoms with van der Waals surface area (Å²) in [6.07, 6.45) is 2.07. The average Bonchev–Trinajstić information content (AvgIpc) is 2.90. The highest BCUT2D eigenvalue weighted by Gasteiger charge is 2.29. The van der Waals surface area contributed by atoms with Crippen LogP contribution in [0.4, 0.5) is 5.69 Å². The largest absolute Gasteiger partial charge is 0.493 e. The highest BCUT2D eigenvalue weighted by molar-refractivity contribution is 5.58. The Morgan fingerprint density at radius 1 is 1.48 bits per heavy atom. The Morgan fingerprint density at radius 2 is 2.24 bits per heavy atom. The van der Waals surface area contributed by atoms with E-state index in [2.05, 4.69) is 0 Å². The maximum absolute atomic E-state index is 11.3. The van der Waals surface area contributed by atoms with Crippen LogP contribution in [0.25, 0.3) is 0 Å². The van der Waals surface area contributed by atoms with Crippen molar-refractivity contribution in [2.45, 2.75) is 32.0 Å². The fourth-order valence-corrected chi connectivity index (χ4v) is 2.50. The number of nitro benzene ring substituents is 1. The van der Waals surface area contributed by atoms with Crippen LogP contribution in [0.2, 0.25) is 0 Å². The van der Waals surface area contributed by atoms with E-state index in [1.807, 2.05) is 11.8 Å². The number of aldehydes is 1. The number of hydrogen-bond donors (Lipinski definition) is 0. The van der Waals surface area contributed by atoms with Gasteiger partial charge in [-0.1, -0.05) is 0 Å². The van der Waals surface area contributed by atoms with Gasteiger partial charge in [0.15, 0.2) is 17.8 Å². The number of likely N-dealkylation sites (tertiary alicyclic amines) is 1. The summed E-state index contributed by atoms with van der Waals surface area (Å²) < 4.78 is 10.8. The molecule has 2 atom stereocenters. The van der Waals surface area contributed by atoms with Gasteiger partial charge in [0, 0.05) is 18.7 Å². The molecule has 0 saturated carbocycles. The topological polar surface area (TPSA) is 81.9 Å². The lowest BCUT2D eigenvalue weighted by atomic mass is 10.2. The second-order valence-corrected chi connectivity index (χ2v) is 4.97. The van der Waals surface area contributed by atoms with Gasteiger partial charge < -0.3 is 9.47 Å². The number of benzene rings is 1. The molecule has 0 bridgehead atoms. The van der Waals surface area contributed by atoms with Gasteiger partial charge in [-0.25, -0.2) is 0 Å². The van der Waals surface area contributed by atoms with E-state index in [0.29, 0.717) is 5.75 Å². The summed E-state index contributed by atoms with van der Waals surface area (Å²) in [6.45, 7) is 2.83. The SMILES string of the molecule is COc1cc([N+](=O)[O-])ccc1OC(C=O)N1CCCC1C. The molecule has 1 aromatic carbocycles. The van der Waals surface area contributed by atoms with Gasteiger partial charge in [0.05, 0.1) is 18.1 Å². The Morgan fingerprint density at radius 3 is 2.76 bits per heavy atom. The van der Waals surface area contributed by atoms with Crippen molar-refractivity contribution in [3.63, 3.8) is 0 Å². The van der Waals surface area contributed by atoms with E-state index in [9.17, 15) is 14.9 Å². The molecule has 0 radical (unpaired) electrons. The zero-order chi connectivity index (χ0) is 15.4. The highest BCUT2D eigenvalue weighted by atomic mass is 16.6. The summed E-state index contributed by atoms with van der Waals surface area (Å²) in [4.78, 5) is 23.5. The van der Waals surface area contributed by atoms with E-state index in [4.69, 9.17) is 9.47 Å². The van der Waals surface area contributed by atoms with Crippen LogP contribution in [-0.4, -0.2) is 42.0 Å². The van der Waals surface area contributed by atoms with Gasteiger partial charge in [0.25, 0.3) is 5.69 Å². The summed E-state index contributed by atoms with van der Waals surface area (Å²) in [5, 5.41) is 10.8. The molecule has 2 unspecified atom stereocenters. The zero-order valence-corrected chi connectivity index (χ0v) is 12.0. The molecule has 21 heavy (non-hydrogen) atoms. The molecule has 0 spiro atoms. The molecule has 7 heteroatoms. The molecule has 0 amide bonds. The minimum absolute atomic E-state index is 0.0867. The summed E-state index contributed by atoms with van der Waals surface area (Å²) in [5.41, 5.74) is -0.0867. The van der Waals surface area contributed by atoms with Crippen LogP contribution in [0.1, 0.15) is 19.8 Å². The first-order valence-electron chi connectivity index (χ1n) is 6.77. The fourth-order valence-electron chi connectivity index (χ4n) is 2.50. The van der Waals surface area contributed by atoms with E-state index in [0.717, 1.165) is 25.7 Å². The van der Waals surface area contributed by atoms with E-state index < -0.39 is 11.2 Å². The van der Waals surface area contributed by atoms with Gasteiger partial charge >= 0.3 is 0 Å². The van der Waals surface area contributed by atoms with E-state index in [1.165, 1.54) is 25.3 Å². The number of hydrogen-bond acceptors (Lipinski definition) is 6. The molecule has 1 saturated heterocycles. The molecule has 1 aliphatic heterocycles. The first kappa shape index (κ1) is 15.2. The molecular formula is C14H18N2O5. The maximum atomic E-state index is 11.3. The number of methoxy groups -OCH3 is 1. The minimum atomic E-state index is -0.710. The van der Waals surface area contributed by atoms with Gasteiger partial charge in [-0.3, -0.25) is 19.8 Å². The molecule has 114 valence electrons. The van der Waals surface area contributed by atoms with Gasteiger partial charge in [-0.05, 0) is 25.8 Å². The van der Waals surface area contributed by atoms with E-state index in [1.54, 1.807) is 0 Å². The van der Waals surface area contributed by atoms with E-state index in [-0.39, 0.29) is 17.5 Å². The van der Waals surface area contributed by atoms with Crippen molar-refractivity contribution in [1.29, 1.82) is 0 Å². The molecule has 2 rings (SSSR count). The standard InChI is InChI=1S/C14H18N2O5/c1-10-4-3-7-15(10)14(9-17)21-12-6-5-11(16(18)19)8-13(12)20-2/h5-6,8-10,14H,3-4,7H2,1-2H3. The second-order valence-electron chi connectivity index (χ2n) is 4.97. The number of carbonyl (C=O) groups is 1. The molecule has 0 aliphatic carbocycles. The van der Waals surface area contributed by atoms with E-state index >= 15 is 0 Å². The third kappa shape index (κ3) is 3.30. The highest BCUT2D eigenvalue weighted by Crippen LogP contribution is 2.32. The zero-order valence-electron chi connectivity index (χ0n) is 12.0. The molecule has 1 fully saturated rings. The minimum Gasteiger partial charge on any atom is -0.493 e. The summed E-state index contributed by atoms with van der Waals surface area (Å²) in [7, 11) is 1.40. The quantitative estimate of drug-likeness (QED) is 0.453. The van der Waals surface area contributed by atoms with Crippen LogP contribution in [0.3, 0.4) is 0 Å². The second kappa shape index (κ2) is 6.53. The normalized spacial score (nSPS) is 20.0. The number of ether oxygens (including phenoxy) is 2. The van der Waals surface area contributed by atoms with Crippen LogP contribution in [0.5, 0.6) is 11.5 Å². The smallest absolute Gasteiger partial charge is 0.273 e. The van der Waals surface area contributed by atoms with Crippen molar-refractivity contribution in [2.75, 3.05) is 13.7 Å². The molecule has 1 aromatic rings. The summed E-state index contributed by atoms with van der Waals surface area (Å²) in [5.74, 6) is 0.558. The van der Waals surface area contributed by atoms with Crippen LogP contribution in [0, 0.1) is 10.1 Å². The monoisotopic (exact) mass is 294 g/mol. The fraction of sp³-hybridized carbons (Fsp3) is 0.500. The van der Waals surface area contributed by atoms with Crippen molar-refractivity contribution in [3.8, 4) is 11.5 Å². The predicted octanol–water partition coefficient (Wildman–Crippen LogP) is 1.99. The predicted molar refractivity (Wildman–Crippen MR) is 75.5 cm³/mol. The van der Waals surface area contributed by atoms with Gasteiger partial charge in [0.1, 0.15) is 0 Å². The lowest BCUT2D eigenvalue weighted by Gasteiger charge is -2.28. The van der Waals surface area contributed by atoms with Crippen molar-refractivity contribution in [2.24, 2.45) is 0 Å². The Balaban J connectivity index is 2.20. The van der Waals surface area contributed by atoms with Crippen molar-refractivity contribution in [3.05, 3.63) is 28.3 Å². The van der Waals surface area contributed by atoms with Crippen LogP contribution in [0.15, 0.2) is 18.2 Å². The number of carbonyl (C=O) groups excluding carboxylic acids is 1. The molecule has 7 nitrogen and oxygen atoms in total. The number of rotatable bonds is 6. The molecule has 0 aromatic heterocycles. The third-order valence-electron chi connectivity index (χ3n) is 3.65. The Labute approximate surface area is 122 Å². The summed E-state index contributed by atoms with van der Waals surface area (Å²) in [6, 6.07) is 4.33. The van der Waals surface area contributed by atoms with Crippen molar-refractivity contribution in [1.82, 2.24) is 4.90 Å². The van der Waals surface area contributed by atoms with Gasteiger partial charge in [-0.2, -0.15) is 0 Å². The lowest BCUT2D eigenvalue weighted by molar-refractivity contribution is -0.385. The Kier molecular flexibility index (Phi) is 4.74. The number of nitro groups is 1. The Hall–Kier alpha value is -2.15. The third-order valence-corrected chi connectivity index (χ3v) is 3.65. The summed E-state index contributed by atoms with van der Waals surface area (Å²) >= 11 is 0. The van der Waals surface area contributed by atoms with Crippen molar-refractivity contribution < 1.29 is 19.2 Å². The Bertz CT molecular complexity index is 534. The first-order chi connectivity index (χ1) is 10.1. The van der Waals surface area contributed by atoms with Gasteiger partial charge in [-0.15, -0.1) is 0 Å². The molecule has 0 N–H and O–H groups in total. The maximum Gasteiger partial charge on any atom is 0.273 e. The van der Waals surface area contributed by atoms with Crippen LogP contribution in [-0.2, 0) is 4.79 Å². The average molecular weight is 294 g/mol. The van der Waals surface area contributed by atoms with Crippen LogP contribution < -0.4 is 9.47 Å². The lowest BCUT2D eigenvalue weighted by Crippen LogP contribution is -2.42. The van der Waals surface area contributed by atoms with Crippen LogP contribution >= 0.6 is 0 Å². The molecular weight excluding hydrogens is 276 g/mol.